The van der Waals surface area contributed by atoms with Crippen molar-refractivity contribution in [2.75, 3.05) is 13.2 Å². The van der Waals surface area contributed by atoms with Gasteiger partial charge < -0.3 is 13.9 Å². The summed E-state index contributed by atoms with van der Waals surface area (Å²) in [5.41, 5.74) is 1.68. The summed E-state index contributed by atoms with van der Waals surface area (Å²) in [5.74, 6) is 4.92. The lowest BCUT2D eigenvalue weighted by atomic mass is 10.1. The lowest BCUT2D eigenvalue weighted by Gasteiger charge is -2.06. The van der Waals surface area contributed by atoms with Gasteiger partial charge >= 0.3 is 0 Å². The molecule has 0 radical (unpaired) electrons. The summed E-state index contributed by atoms with van der Waals surface area (Å²) in [6, 6.07) is 15.1. The van der Waals surface area contributed by atoms with Crippen LogP contribution >= 0.6 is 0 Å². The predicted octanol–water partition coefficient (Wildman–Crippen LogP) is 6.15. The van der Waals surface area contributed by atoms with Crippen LogP contribution in [-0.4, -0.2) is 23.4 Å². The molecule has 30 heavy (non-hydrogen) atoms. The highest BCUT2D eigenvalue weighted by molar-refractivity contribution is 5.59. The molecule has 0 aliphatic heterocycles. The van der Waals surface area contributed by atoms with Crippen LogP contribution < -0.4 is 9.47 Å². The van der Waals surface area contributed by atoms with Crippen molar-refractivity contribution in [2.24, 2.45) is 0 Å². The van der Waals surface area contributed by atoms with Crippen molar-refractivity contribution in [3.05, 3.63) is 48.5 Å². The number of rotatable bonds is 12. The normalized spacial score (nSPS) is 10.5. The van der Waals surface area contributed by atoms with Gasteiger partial charge in [0, 0.05) is 11.1 Å². The first kappa shape index (κ1) is 21.4. The summed E-state index contributed by atoms with van der Waals surface area (Å²) >= 11 is 0. The third-order valence-corrected chi connectivity index (χ3v) is 4.72. The van der Waals surface area contributed by atoms with E-state index < -0.39 is 0 Å². The van der Waals surface area contributed by atoms with E-state index >= 15 is 0 Å². The average molecular weight is 405 g/mol. The lowest BCUT2D eigenvalue weighted by Crippen LogP contribution is -1.97. The molecule has 0 bridgehead atoms. The summed E-state index contributed by atoms with van der Waals surface area (Å²) in [6.07, 6.45) is 12.7. The number of hydrogen-bond acceptors (Lipinski definition) is 5. The third kappa shape index (κ3) is 6.38. The molecule has 0 unspecified atom stereocenters. The van der Waals surface area contributed by atoms with Crippen LogP contribution in [-0.2, 0) is 0 Å². The standard InChI is InChI=1S/C25H28N2O3/c1-3-5-6-7-8-9-19-29-23-16-12-21(13-17-23)25-27-26-24(30-25)20-10-14-22(15-11-20)28-18-4-2/h2,10-17H,3,5-9,18-19H2,1H3. The van der Waals surface area contributed by atoms with E-state index in [1.807, 2.05) is 48.5 Å². The minimum absolute atomic E-state index is 0.239. The molecule has 1 heterocycles. The molecule has 5 heteroatoms. The van der Waals surface area contributed by atoms with Gasteiger partial charge in [0.15, 0.2) is 0 Å². The second kappa shape index (κ2) is 11.7. The molecule has 5 nitrogen and oxygen atoms in total. The number of unbranched alkanes of at least 4 members (excludes halogenated alkanes) is 5. The van der Waals surface area contributed by atoms with E-state index in [2.05, 4.69) is 23.0 Å². The molecule has 0 N–H and O–H groups in total. The van der Waals surface area contributed by atoms with Gasteiger partial charge in [0.2, 0.25) is 11.8 Å². The fraction of sp³-hybridized carbons (Fsp3) is 0.360. The second-order valence-electron chi connectivity index (χ2n) is 7.07. The van der Waals surface area contributed by atoms with Gasteiger partial charge in [-0.25, -0.2) is 0 Å². The van der Waals surface area contributed by atoms with E-state index in [4.69, 9.17) is 20.3 Å². The summed E-state index contributed by atoms with van der Waals surface area (Å²) in [4.78, 5) is 0. The lowest BCUT2D eigenvalue weighted by molar-refractivity contribution is 0.304. The molecule has 1 aromatic heterocycles. The first-order valence-corrected chi connectivity index (χ1v) is 10.5. The maximum absolute atomic E-state index is 5.83. The smallest absolute Gasteiger partial charge is 0.248 e. The Morgan fingerprint density at radius 3 is 1.87 bits per heavy atom. The monoisotopic (exact) mass is 404 g/mol. The molecule has 3 rings (SSSR count). The molecule has 0 aliphatic rings. The molecule has 156 valence electrons. The van der Waals surface area contributed by atoms with Crippen molar-refractivity contribution in [3.63, 3.8) is 0 Å². The van der Waals surface area contributed by atoms with Crippen LogP contribution in [0.25, 0.3) is 22.9 Å². The average Bonchev–Trinajstić information content (AvgIpc) is 3.28. The van der Waals surface area contributed by atoms with E-state index in [1.165, 1.54) is 32.1 Å². The Hall–Kier alpha value is -3.26. The highest BCUT2D eigenvalue weighted by Crippen LogP contribution is 2.26. The first-order chi connectivity index (χ1) is 14.8. The Balaban J connectivity index is 1.51. The molecule has 0 atom stereocenters. The van der Waals surface area contributed by atoms with E-state index in [1.54, 1.807) is 0 Å². The maximum atomic E-state index is 5.83. The van der Waals surface area contributed by atoms with E-state index in [-0.39, 0.29) is 6.61 Å². The first-order valence-electron chi connectivity index (χ1n) is 10.5. The van der Waals surface area contributed by atoms with Gasteiger partial charge in [-0.15, -0.1) is 16.6 Å². The van der Waals surface area contributed by atoms with Crippen LogP contribution in [0.15, 0.2) is 52.9 Å². The molecule has 0 amide bonds. The van der Waals surface area contributed by atoms with Gasteiger partial charge in [0.1, 0.15) is 18.1 Å². The van der Waals surface area contributed by atoms with Crippen molar-refractivity contribution >= 4 is 0 Å². The summed E-state index contributed by atoms with van der Waals surface area (Å²) in [5, 5.41) is 8.31. The number of aromatic nitrogens is 2. The van der Waals surface area contributed by atoms with Crippen LogP contribution in [0, 0.1) is 12.3 Å². The number of benzene rings is 2. The molecular weight excluding hydrogens is 376 g/mol. The predicted molar refractivity (Wildman–Crippen MR) is 118 cm³/mol. The molecule has 0 saturated carbocycles. The van der Waals surface area contributed by atoms with Crippen LogP contribution in [0.5, 0.6) is 11.5 Å². The van der Waals surface area contributed by atoms with Crippen molar-refractivity contribution in [2.45, 2.75) is 45.4 Å². The Kier molecular flexibility index (Phi) is 8.34. The largest absolute Gasteiger partial charge is 0.494 e. The molecule has 2 aromatic carbocycles. The fourth-order valence-electron chi connectivity index (χ4n) is 3.04. The van der Waals surface area contributed by atoms with Crippen molar-refractivity contribution in [3.8, 4) is 46.8 Å². The minimum Gasteiger partial charge on any atom is -0.494 e. The molecular formula is C25H28N2O3. The van der Waals surface area contributed by atoms with Gasteiger partial charge in [-0.1, -0.05) is 44.9 Å². The van der Waals surface area contributed by atoms with Crippen LogP contribution in [0.2, 0.25) is 0 Å². The highest BCUT2D eigenvalue weighted by atomic mass is 16.5. The highest BCUT2D eigenvalue weighted by Gasteiger charge is 2.11. The van der Waals surface area contributed by atoms with Gasteiger partial charge in [0.25, 0.3) is 0 Å². The van der Waals surface area contributed by atoms with Crippen LogP contribution in [0.1, 0.15) is 45.4 Å². The van der Waals surface area contributed by atoms with Gasteiger partial charge in [0.05, 0.1) is 6.61 Å². The summed E-state index contributed by atoms with van der Waals surface area (Å²) < 4.78 is 17.0. The van der Waals surface area contributed by atoms with E-state index in [0.29, 0.717) is 17.5 Å². The SMILES string of the molecule is C#CCOc1ccc(-c2nnc(-c3ccc(OCCCCCCCC)cc3)o2)cc1. The van der Waals surface area contributed by atoms with Gasteiger partial charge in [-0.3, -0.25) is 0 Å². The molecule has 0 fully saturated rings. The van der Waals surface area contributed by atoms with Crippen LogP contribution in [0.3, 0.4) is 0 Å². The molecule has 0 saturated heterocycles. The Bertz CT molecular complexity index is 924. The van der Waals surface area contributed by atoms with Gasteiger partial charge in [-0.2, -0.15) is 0 Å². The van der Waals surface area contributed by atoms with E-state index in [0.717, 1.165) is 29.9 Å². The van der Waals surface area contributed by atoms with Crippen molar-refractivity contribution in [1.29, 1.82) is 0 Å². The Morgan fingerprint density at radius 2 is 1.30 bits per heavy atom. The number of nitrogens with zero attached hydrogens (tertiary/aromatic N) is 2. The summed E-state index contributed by atoms with van der Waals surface area (Å²) in [7, 11) is 0. The third-order valence-electron chi connectivity index (χ3n) is 4.72. The molecule has 0 spiro atoms. The van der Waals surface area contributed by atoms with E-state index in [9.17, 15) is 0 Å². The molecule has 3 aromatic rings. The topological polar surface area (TPSA) is 57.4 Å². The second-order valence-corrected chi connectivity index (χ2v) is 7.07. The summed E-state index contributed by atoms with van der Waals surface area (Å²) in [6.45, 7) is 3.22. The van der Waals surface area contributed by atoms with Gasteiger partial charge in [-0.05, 0) is 55.0 Å². The number of ether oxygens (including phenoxy) is 2. The zero-order chi connectivity index (χ0) is 21.0. The Morgan fingerprint density at radius 1 is 0.767 bits per heavy atom. The molecule has 0 aliphatic carbocycles. The number of terminal acetylenes is 1. The number of hydrogen-bond donors (Lipinski definition) is 0. The zero-order valence-corrected chi connectivity index (χ0v) is 17.5. The quantitative estimate of drug-likeness (QED) is 0.267. The zero-order valence-electron chi connectivity index (χ0n) is 17.5. The minimum atomic E-state index is 0.239. The van der Waals surface area contributed by atoms with Crippen molar-refractivity contribution < 1.29 is 13.9 Å². The maximum Gasteiger partial charge on any atom is 0.248 e. The van der Waals surface area contributed by atoms with Crippen LogP contribution in [0.4, 0.5) is 0 Å². The Labute approximate surface area is 178 Å². The fourth-order valence-corrected chi connectivity index (χ4v) is 3.04. The van der Waals surface area contributed by atoms with Crippen molar-refractivity contribution in [1.82, 2.24) is 10.2 Å².